The number of aromatic nitrogens is 1. The standard InChI is InChI=1S/C10H15ClN4O2/c1-12-4-3-5-14(2)10-9(11)6-8(7-13-10)15(16)17/h6-7,12H,3-5H2,1-2H3. The van der Waals surface area contributed by atoms with E-state index in [0.29, 0.717) is 10.8 Å². The Bertz CT molecular complexity index is 400. The van der Waals surface area contributed by atoms with Crippen molar-refractivity contribution >= 4 is 23.1 Å². The lowest BCUT2D eigenvalue weighted by Crippen LogP contribution is -2.23. The van der Waals surface area contributed by atoms with Crippen LogP contribution in [-0.4, -0.2) is 37.1 Å². The van der Waals surface area contributed by atoms with Crippen molar-refractivity contribution in [3.05, 3.63) is 27.4 Å². The van der Waals surface area contributed by atoms with Crippen molar-refractivity contribution in [2.75, 3.05) is 32.1 Å². The van der Waals surface area contributed by atoms with Gasteiger partial charge in [0.25, 0.3) is 5.69 Å². The van der Waals surface area contributed by atoms with Gasteiger partial charge in [0.05, 0.1) is 9.95 Å². The van der Waals surface area contributed by atoms with Crippen LogP contribution in [0.1, 0.15) is 6.42 Å². The van der Waals surface area contributed by atoms with Gasteiger partial charge < -0.3 is 10.2 Å². The molecule has 0 aliphatic heterocycles. The molecule has 0 aromatic carbocycles. The molecule has 0 aliphatic carbocycles. The Balaban J connectivity index is 2.74. The van der Waals surface area contributed by atoms with Gasteiger partial charge in [-0.25, -0.2) is 4.98 Å². The molecule has 1 rings (SSSR count). The maximum atomic E-state index is 10.5. The molecule has 1 heterocycles. The average molecular weight is 259 g/mol. The van der Waals surface area contributed by atoms with Crippen LogP contribution < -0.4 is 10.2 Å². The largest absolute Gasteiger partial charge is 0.358 e. The third-order valence-corrected chi connectivity index (χ3v) is 2.58. The lowest BCUT2D eigenvalue weighted by Gasteiger charge is -2.18. The monoisotopic (exact) mass is 258 g/mol. The summed E-state index contributed by atoms with van der Waals surface area (Å²) in [6.45, 7) is 1.68. The summed E-state index contributed by atoms with van der Waals surface area (Å²) in [5.74, 6) is 0.563. The van der Waals surface area contributed by atoms with E-state index in [1.807, 2.05) is 19.0 Å². The highest BCUT2D eigenvalue weighted by molar-refractivity contribution is 6.33. The Labute approximate surface area is 105 Å². The minimum atomic E-state index is -0.510. The number of nitro groups is 1. The van der Waals surface area contributed by atoms with Gasteiger partial charge in [0.2, 0.25) is 0 Å². The molecule has 0 unspecified atom stereocenters. The van der Waals surface area contributed by atoms with E-state index in [0.717, 1.165) is 19.5 Å². The second-order valence-electron chi connectivity index (χ2n) is 3.63. The highest BCUT2D eigenvalue weighted by Crippen LogP contribution is 2.26. The van der Waals surface area contributed by atoms with E-state index in [1.165, 1.54) is 12.3 Å². The van der Waals surface area contributed by atoms with Gasteiger partial charge in [0.1, 0.15) is 12.0 Å². The fourth-order valence-electron chi connectivity index (χ4n) is 1.40. The Kier molecular flexibility index (Phi) is 5.11. The number of rotatable bonds is 6. The molecular weight excluding hydrogens is 244 g/mol. The van der Waals surface area contributed by atoms with E-state index >= 15 is 0 Å². The molecule has 0 atom stereocenters. The summed E-state index contributed by atoms with van der Waals surface area (Å²) in [6.07, 6.45) is 2.16. The van der Waals surface area contributed by atoms with Crippen LogP contribution in [-0.2, 0) is 0 Å². The molecule has 17 heavy (non-hydrogen) atoms. The molecule has 0 radical (unpaired) electrons. The fraction of sp³-hybridized carbons (Fsp3) is 0.500. The van der Waals surface area contributed by atoms with Crippen molar-refractivity contribution < 1.29 is 4.92 Å². The van der Waals surface area contributed by atoms with Gasteiger partial charge in [-0.05, 0) is 20.0 Å². The number of halogens is 1. The number of nitrogens with one attached hydrogen (secondary N) is 1. The van der Waals surface area contributed by atoms with E-state index in [4.69, 9.17) is 11.6 Å². The van der Waals surface area contributed by atoms with Gasteiger partial charge in [-0.2, -0.15) is 0 Å². The molecule has 0 spiro atoms. The number of anilines is 1. The maximum Gasteiger partial charge on any atom is 0.289 e. The highest BCUT2D eigenvalue weighted by atomic mass is 35.5. The van der Waals surface area contributed by atoms with Crippen LogP contribution in [0.3, 0.4) is 0 Å². The molecule has 6 nitrogen and oxygen atoms in total. The number of hydrogen-bond acceptors (Lipinski definition) is 5. The molecular formula is C10H15ClN4O2. The van der Waals surface area contributed by atoms with Crippen molar-refractivity contribution in [1.29, 1.82) is 0 Å². The molecule has 1 aromatic rings. The lowest BCUT2D eigenvalue weighted by molar-refractivity contribution is -0.385. The van der Waals surface area contributed by atoms with Crippen molar-refractivity contribution in [3.63, 3.8) is 0 Å². The lowest BCUT2D eigenvalue weighted by atomic mass is 10.3. The first-order valence-electron chi connectivity index (χ1n) is 5.22. The fourth-order valence-corrected chi connectivity index (χ4v) is 1.71. The molecule has 0 fully saturated rings. The second-order valence-corrected chi connectivity index (χ2v) is 4.04. The van der Waals surface area contributed by atoms with Crippen LogP contribution >= 0.6 is 11.6 Å². The van der Waals surface area contributed by atoms with Gasteiger partial charge in [0, 0.05) is 19.7 Å². The third kappa shape index (κ3) is 3.83. The van der Waals surface area contributed by atoms with E-state index in [9.17, 15) is 10.1 Å². The molecule has 0 aliphatic rings. The summed E-state index contributed by atoms with van der Waals surface area (Å²) in [5.41, 5.74) is -0.0950. The minimum Gasteiger partial charge on any atom is -0.358 e. The van der Waals surface area contributed by atoms with Crippen LogP contribution in [0.5, 0.6) is 0 Å². The number of pyridine rings is 1. The summed E-state index contributed by atoms with van der Waals surface area (Å²) < 4.78 is 0. The van der Waals surface area contributed by atoms with Gasteiger partial charge in [-0.3, -0.25) is 10.1 Å². The van der Waals surface area contributed by atoms with E-state index in [1.54, 1.807) is 0 Å². The van der Waals surface area contributed by atoms with E-state index in [-0.39, 0.29) is 5.69 Å². The predicted molar refractivity (Wildman–Crippen MR) is 67.7 cm³/mol. The molecule has 1 aromatic heterocycles. The Morgan fingerprint density at radius 3 is 2.88 bits per heavy atom. The van der Waals surface area contributed by atoms with Crippen molar-refractivity contribution in [3.8, 4) is 0 Å². The second kappa shape index (κ2) is 6.36. The highest BCUT2D eigenvalue weighted by Gasteiger charge is 2.13. The Morgan fingerprint density at radius 1 is 1.65 bits per heavy atom. The van der Waals surface area contributed by atoms with E-state index < -0.39 is 4.92 Å². The molecule has 0 bridgehead atoms. The zero-order chi connectivity index (χ0) is 12.8. The van der Waals surface area contributed by atoms with E-state index in [2.05, 4.69) is 10.3 Å². The molecule has 0 saturated heterocycles. The smallest absolute Gasteiger partial charge is 0.289 e. The van der Waals surface area contributed by atoms with Crippen molar-refractivity contribution in [2.45, 2.75) is 6.42 Å². The molecule has 7 heteroatoms. The van der Waals surface area contributed by atoms with Crippen LogP contribution in [0.2, 0.25) is 5.02 Å². The van der Waals surface area contributed by atoms with Gasteiger partial charge in [-0.1, -0.05) is 11.6 Å². The number of hydrogen-bond donors (Lipinski definition) is 1. The molecule has 1 N–H and O–H groups in total. The zero-order valence-electron chi connectivity index (χ0n) is 9.81. The summed E-state index contributed by atoms with van der Waals surface area (Å²) in [4.78, 5) is 15.9. The quantitative estimate of drug-likeness (QED) is 0.478. The van der Waals surface area contributed by atoms with Crippen LogP contribution in [0.15, 0.2) is 12.3 Å². The zero-order valence-corrected chi connectivity index (χ0v) is 10.6. The van der Waals surface area contributed by atoms with Crippen LogP contribution in [0.25, 0.3) is 0 Å². The summed E-state index contributed by atoms with van der Waals surface area (Å²) >= 11 is 5.96. The SMILES string of the molecule is CNCCCN(C)c1ncc([N+](=O)[O-])cc1Cl. The first-order chi connectivity index (χ1) is 8.06. The van der Waals surface area contributed by atoms with Crippen molar-refractivity contribution in [2.24, 2.45) is 0 Å². The van der Waals surface area contributed by atoms with Gasteiger partial charge >= 0.3 is 0 Å². The van der Waals surface area contributed by atoms with Crippen LogP contribution in [0.4, 0.5) is 11.5 Å². The topological polar surface area (TPSA) is 71.3 Å². The van der Waals surface area contributed by atoms with Crippen molar-refractivity contribution in [1.82, 2.24) is 10.3 Å². The molecule has 94 valence electrons. The van der Waals surface area contributed by atoms with Gasteiger partial charge in [-0.15, -0.1) is 0 Å². The normalized spacial score (nSPS) is 10.3. The summed E-state index contributed by atoms with van der Waals surface area (Å²) in [7, 11) is 3.74. The minimum absolute atomic E-state index is 0.0950. The summed E-state index contributed by atoms with van der Waals surface area (Å²) in [5, 5.41) is 13.9. The first-order valence-corrected chi connectivity index (χ1v) is 5.59. The number of nitrogens with zero attached hydrogens (tertiary/aromatic N) is 3. The molecule has 0 saturated carbocycles. The molecule has 0 amide bonds. The third-order valence-electron chi connectivity index (χ3n) is 2.30. The average Bonchev–Trinajstić information content (AvgIpc) is 2.28. The summed E-state index contributed by atoms with van der Waals surface area (Å²) in [6, 6.07) is 1.32. The first kappa shape index (κ1) is 13.7. The Morgan fingerprint density at radius 2 is 2.35 bits per heavy atom. The maximum absolute atomic E-state index is 10.5. The van der Waals surface area contributed by atoms with Crippen LogP contribution in [0, 0.1) is 10.1 Å². The van der Waals surface area contributed by atoms with Gasteiger partial charge in [0.15, 0.2) is 0 Å². The Hall–Kier alpha value is -1.40. The predicted octanol–water partition coefficient (Wildman–Crippen LogP) is 1.69.